The molecule has 18 heavy (non-hydrogen) atoms. The van der Waals surface area contributed by atoms with Gasteiger partial charge in [0.05, 0.1) is 0 Å². The minimum atomic E-state index is 0. The average Bonchev–Trinajstić information content (AvgIpc) is 2.66. The van der Waals surface area contributed by atoms with Crippen molar-refractivity contribution in [2.45, 2.75) is 6.54 Å². The number of H-pyrrole nitrogens is 1. The van der Waals surface area contributed by atoms with Gasteiger partial charge in [-0.2, -0.15) is 4.57 Å². The zero-order valence-electron chi connectivity index (χ0n) is 9.66. The second-order valence-corrected chi connectivity index (χ2v) is 4.99. The first-order valence-corrected chi connectivity index (χ1v) is 6.28. The highest BCUT2D eigenvalue weighted by Gasteiger charge is 2.08. The first-order chi connectivity index (χ1) is 8.28. The Kier molecular flexibility index (Phi) is 3.88. The third-order valence-electron chi connectivity index (χ3n) is 2.90. The number of fused-ring (bicyclic) bond motifs is 3. The number of pyridine rings is 1. The van der Waals surface area contributed by atoms with Crippen molar-refractivity contribution in [1.82, 2.24) is 4.98 Å². The van der Waals surface area contributed by atoms with E-state index in [1.807, 2.05) is 6.08 Å². The van der Waals surface area contributed by atoms with E-state index < -0.39 is 0 Å². The highest BCUT2D eigenvalue weighted by Crippen LogP contribution is 2.26. The van der Waals surface area contributed by atoms with E-state index in [1.54, 1.807) is 0 Å². The minimum absolute atomic E-state index is 0. The summed E-state index contributed by atoms with van der Waals surface area (Å²) in [5.41, 5.74) is 2.32. The Balaban J connectivity index is 0.00000120. The number of rotatable bonds is 2. The zero-order valence-corrected chi connectivity index (χ0v) is 12.8. The maximum atomic E-state index is 3.75. The van der Waals surface area contributed by atoms with E-state index in [9.17, 15) is 0 Å². The average molecular weight is 368 g/mol. The van der Waals surface area contributed by atoms with Crippen molar-refractivity contribution in [2.24, 2.45) is 0 Å². The Morgan fingerprint density at radius 1 is 1.22 bits per heavy atom. The Bertz CT molecular complexity index is 716. The summed E-state index contributed by atoms with van der Waals surface area (Å²) in [5.74, 6) is 0. The highest BCUT2D eigenvalue weighted by atomic mass is 79.9. The molecule has 92 valence electrons. The predicted octanol–water partition coefficient (Wildman–Crippen LogP) is 0.561. The number of halogens is 2. The maximum absolute atomic E-state index is 3.75. The Morgan fingerprint density at radius 3 is 2.83 bits per heavy atom. The normalized spacial score (nSPS) is 10.5. The molecule has 4 heteroatoms. The topological polar surface area (TPSA) is 19.7 Å². The summed E-state index contributed by atoms with van der Waals surface area (Å²) in [7, 11) is 0. The molecular weight excluding hydrogens is 356 g/mol. The molecule has 0 saturated carbocycles. The lowest BCUT2D eigenvalue weighted by Gasteiger charge is -1.93. The van der Waals surface area contributed by atoms with Crippen molar-refractivity contribution in [1.29, 1.82) is 0 Å². The van der Waals surface area contributed by atoms with E-state index in [1.165, 1.54) is 16.3 Å². The number of aromatic amines is 1. The number of nitrogens with zero attached hydrogens (tertiary/aromatic N) is 1. The molecule has 0 unspecified atom stereocenters. The van der Waals surface area contributed by atoms with Crippen molar-refractivity contribution in [3.05, 3.63) is 53.8 Å². The van der Waals surface area contributed by atoms with Crippen LogP contribution in [0.2, 0.25) is 0 Å². The molecule has 3 rings (SSSR count). The van der Waals surface area contributed by atoms with Crippen LogP contribution in [0.1, 0.15) is 0 Å². The van der Waals surface area contributed by atoms with Gasteiger partial charge in [-0.1, -0.05) is 22.5 Å². The number of hydrogen-bond donors (Lipinski definition) is 1. The first-order valence-electron chi connectivity index (χ1n) is 5.49. The summed E-state index contributed by atoms with van der Waals surface area (Å²) in [5, 5.41) is 2.50. The van der Waals surface area contributed by atoms with Gasteiger partial charge in [0.2, 0.25) is 0 Å². The molecule has 0 spiro atoms. The molecule has 1 aromatic carbocycles. The third-order valence-corrected chi connectivity index (χ3v) is 3.39. The van der Waals surface area contributed by atoms with Crippen LogP contribution in [-0.4, -0.2) is 4.98 Å². The van der Waals surface area contributed by atoms with Crippen LogP contribution in [0.3, 0.4) is 0 Å². The molecule has 3 aromatic rings. The first kappa shape index (κ1) is 13.3. The molecule has 0 aliphatic rings. The molecule has 1 N–H and O–H groups in total. The van der Waals surface area contributed by atoms with Crippen LogP contribution >= 0.6 is 15.9 Å². The molecule has 0 fully saturated rings. The molecule has 2 nitrogen and oxygen atoms in total. The van der Waals surface area contributed by atoms with Gasteiger partial charge in [-0.3, -0.25) is 0 Å². The maximum Gasteiger partial charge on any atom is 0.193 e. The van der Waals surface area contributed by atoms with Crippen molar-refractivity contribution in [3.8, 4) is 0 Å². The van der Waals surface area contributed by atoms with Gasteiger partial charge in [0, 0.05) is 26.8 Å². The predicted molar refractivity (Wildman–Crippen MR) is 73.9 cm³/mol. The molecule has 0 bridgehead atoms. The highest BCUT2D eigenvalue weighted by molar-refractivity contribution is 9.10. The van der Waals surface area contributed by atoms with Crippen LogP contribution in [-0.2, 0) is 6.54 Å². The third kappa shape index (κ3) is 2.22. The van der Waals surface area contributed by atoms with Crippen molar-refractivity contribution in [3.63, 3.8) is 0 Å². The number of aromatic nitrogens is 2. The van der Waals surface area contributed by atoms with Gasteiger partial charge in [-0.05, 0) is 24.3 Å². The molecule has 0 radical (unpaired) electrons. The van der Waals surface area contributed by atoms with Gasteiger partial charge in [-0.15, -0.1) is 0 Å². The van der Waals surface area contributed by atoms with Crippen molar-refractivity contribution < 1.29 is 21.5 Å². The number of allylic oxidation sites excluding steroid dienone is 1. The zero-order chi connectivity index (χ0) is 11.8. The van der Waals surface area contributed by atoms with Crippen LogP contribution < -0.4 is 21.5 Å². The molecule has 0 amide bonds. The lowest BCUT2D eigenvalue weighted by molar-refractivity contribution is -0.685. The van der Waals surface area contributed by atoms with Gasteiger partial charge in [0.25, 0.3) is 0 Å². The van der Waals surface area contributed by atoms with Crippen LogP contribution in [0, 0.1) is 0 Å². The molecule has 0 saturated heterocycles. The summed E-state index contributed by atoms with van der Waals surface area (Å²) >= 11 is 3.51. The summed E-state index contributed by atoms with van der Waals surface area (Å²) in [4.78, 5) is 3.43. The SMILES string of the molecule is C=CC[n+]1ccc2c(c1)[nH]c1ccc(Br)cc12.[Br-]. The standard InChI is InChI=1S/C14H11BrN2.BrH/c1-2-6-17-7-5-11-12-8-10(15)3-4-13(12)16-14(11)9-17;/h2-5,7-9H,1,6H2;1H. The Hall–Kier alpha value is -1.13. The second kappa shape index (κ2) is 5.24. The van der Waals surface area contributed by atoms with E-state index in [-0.39, 0.29) is 17.0 Å². The molecule has 2 heterocycles. The van der Waals surface area contributed by atoms with Gasteiger partial charge in [-0.25, -0.2) is 0 Å². The summed E-state index contributed by atoms with van der Waals surface area (Å²) < 4.78 is 3.22. The van der Waals surface area contributed by atoms with Gasteiger partial charge < -0.3 is 22.0 Å². The molecular formula is C14H12Br2N2. The van der Waals surface area contributed by atoms with Crippen LogP contribution in [0.4, 0.5) is 0 Å². The van der Waals surface area contributed by atoms with E-state index in [2.05, 4.69) is 68.7 Å². The quantitative estimate of drug-likeness (QED) is 0.504. The molecule has 0 atom stereocenters. The smallest absolute Gasteiger partial charge is 0.193 e. The van der Waals surface area contributed by atoms with E-state index in [4.69, 9.17) is 0 Å². The summed E-state index contributed by atoms with van der Waals surface area (Å²) in [6, 6.07) is 8.43. The van der Waals surface area contributed by atoms with Crippen LogP contribution in [0.15, 0.2) is 53.8 Å². The van der Waals surface area contributed by atoms with Crippen molar-refractivity contribution >= 4 is 37.7 Å². The van der Waals surface area contributed by atoms with E-state index in [0.717, 1.165) is 16.5 Å². The summed E-state index contributed by atoms with van der Waals surface area (Å²) in [6.07, 6.45) is 6.09. The van der Waals surface area contributed by atoms with Crippen LogP contribution in [0.25, 0.3) is 21.8 Å². The molecule has 2 aromatic heterocycles. The van der Waals surface area contributed by atoms with Gasteiger partial charge in [0.1, 0.15) is 5.52 Å². The Morgan fingerprint density at radius 2 is 2.06 bits per heavy atom. The minimum Gasteiger partial charge on any atom is -1.00 e. The number of nitrogens with one attached hydrogen (secondary N) is 1. The Labute approximate surface area is 124 Å². The lowest BCUT2D eigenvalue weighted by Crippen LogP contribution is -3.00. The fraction of sp³-hybridized carbons (Fsp3) is 0.0714. The summed E-state index contributed by atoms with van der Waals surface area (Å²) in [6.45, 7) is 4.58. The lowest BCUT2D eigenvalue weighted by atomic mass is 10.2. The fourth-order valence-corrected chi connectivity index (χ4v) is 2.49. The van der Waals surface area contributed by atoms with Gasteiger partial charge >= 0.3 is 0 Å². The van der Waals surface area contributed by atoms with E-state index in [0.29, 0.717) is 0 Å². The molecule has 0 aliphatic heterocycles. The van der Waals surface area contributed by atoms with Crippen molar-refractivity contribution in [2.75, 3.05) is 0 Å². The second-order valence-electron chi connectivity index (χ2n) is 4.07. The van der Waals surface area contributed by atoms with Gasteiger partial charge in [0.15, 0.2) is 18.9 Å². The monoisotopic (exact) mass is 366 g/mol. The van der Waals surface area contributed by atoms with Crippen LogP contribution in [0.5, 0.6) is 0 Å². The molecule has 0 aliphatic carbocycles. The van der Waals surface area contributed by atoms with E-state index >= 15 is 0 Å². The number of hydrogen-bond acceptors (Lipinski definition) is 0. The number of benzene rings is 1. The largest absolute Gasteiger partial charge is 1.00 e. The fourth-order valence-electron chi connectivity index (χ4n) is 2.13.